The molecule has 0 aliphatic carbocycles. The Balaban J connectivity index is 1.31. The van der Waals surface area contributed by atoms with Gasteiger partial charge in [0.15, 0.2) is 0 Å². The standard InChI is InChI=1S/C23H21FN4O2/c24-19-12-6-9-16(20(19)27-23-25-13-7-14-26-23)8-2-1-5-15-28-21(29)17-10-3-4-11-18(17)22(28)30/h3-4,6-7,9-14H,1-2,5,8,15H2,(H,25,26,27). The van der Waals surface area contributed by atoms with Crippen molar-refractivity contribution in [3.05, 3.63) is 83.4 Å². The lowest BCUT2D eigenvalue weighted by Gasteiger charge is -2.14. The first-order valence-corrected chi connectivity index (χ1v) is 9.92. The molecule has 0 fully saturated rings. The maximum atomic E-state index is 14.3. The molecule has 2 amide bonds. The number of unbranched alkanes of at least 4 members (excludes halogenated alkanes) is 2. The lowest BCUT2D eigenvalue weighted by Crippen LogP contribution is -2.30. The van der Waals surface area contributed by atoms with E-state index in [1.54, 1.807) is 48.8 Å². The van der Waals surface area contributed by atoms with Gasteiger partial charge in [-0.3, -0.25) is 14.5 Å². The van der Waals surface area contributed by atoms with E-state index >= 15 is 0 Å². The number of fused-ring (bicyclic) bond motifs is 1. The van der Waals surface area contributed by atoms with Crippen molar-refractivity contribution in [2.24, 2.45) is 0 Å². The van der Waals surface area contributed by atoms with Gasteiger partial charge in [-0.05, 0) is 49.1 Å². The summed E-state index contributed by atoms with van der Waals surface area (Å²) >= 11 is 0. The first-order chi connectivity index (χ1) is 14.6. The lowest BCUT2D eigenvalue weighted by atomic mass is 10.0. The number of benzene rings is 2. The Kier molecular flexibility index (Phi) is 5.79. The Morgan fingerprint density at radius 2 is 1.53 bits per heavy atom. The smallest absolute Gasteiger partial charge is 0.261 e. The fourth-order valence-electron chi connectivity index (χ4n) is 3.60. The maximum absolute atomic E-state index is 14.3. The minimum absolute atomic E-state index is 0.227. The zero-order chi connectivity index (χ0) is 20.9. The largest absolute Gasteiger partial charge is 0.321 e. The van der Waals surface area contributed by atoms with Gasteiger partial charge in [0.2, 0.25) is 5.95 Å². The molecule has 0 saturated carbocycles. The molecule has 0 bridgehead atoms. The van der Waals surface area contributed by atoms with E-state index in [4.69, 9.17) is 0 Å². The van der Waals surface area contributed by atoms with Crippen LogP contribution in [0.15, 0.2) is 60.9 Å². The van der Waals surface area contributed by atoms with Crippen LogP contribution in [0.2, 0.25) is 0 Å². The average molecular weight is 404 g/mol. The van der Waals surface area contributed by atoms with Crippen LogP contribution in [0.5, 0.6) is 0 Å². The number of carbonyl (C=O) groups is 2. The topological polar surface area (TPSA) is 75.2 Å². The summed E-state index contributed by atoms with van der Waals surface area (Å²) in [6, 6.07) is 13.5. The normalized spacial score (nSPS) is 12.9. The molecular formula is C23H21FN4O2. The molecule has 0 atom stereocenters. The minimum atomic E-state index is -0.356. The zero-order valence-electron chi connectivity index (χ0n) is 16.3. The van der Waals surface area contributed by atoms with Crippen LogP contribution in [0.4, 0.5) is 16.0 Å². The minimum Gasteiger partial charge on any atom is -0.321 e. The molecule has 1 N–H and O–H groups in total. The van der Waals surface area contributed by atoms with Gasteiger partial charge in [0, 0.05) is 18.9 Å². The average Bonchev–Trinajstić information content (AvgIpc) is 3.01. The van der Waals surface area contributed by atoms with E-state index in [1.165, 1.54) is 11.0 Å². The first-order valence-electron chi connectivity index (χ1n) is 9.92. The number of hydrogen-bond donors (Lipinski definition) is 1. The van der Waals surface area contributed by atoms with Gasteiger partial charge in [-0.2, -0.15) is 0 Å². The fraction of sp³-hybridized carbons (Fsp3) is 0.217. The lowest BCUT2D eigenvalue weighted by molar-refractivity contribution is 0.0651. The van der Waals surface area contributed by atoms with E-state index in [-0.39, 0.29) is 17.6 Å². The molecule has 6 nitrogen and oxygen atoms in total. The van der Waals surface area contributed by atoms with E-state index in [9.17, 15) is 14.0 Å². The summed E-state index contributed by atoms with van der Waals surface area (Å²) in [6.07, 6.45) is 6.16. The summed E-state index contributed by atoms with van der Waals surface area (Å²) < 4.78 is 14.3. The van der Waals surface area contributed by atoms with Crippen LogP contribution < -0.4 is 5.32 Å². The quantitative estimate of drug-likeness (QED) is 0.446. The molecule has 0 unspecified atom stereocenters. The van der Waals surface area contributed by atoms with Crippen molar-refractivity contribution < 1.29 is 14.0 Å². The van der Waals surface area contributed by atoms with Crippen molar-refractivity contribution in [2.45, 2.75) is 25.7 Å². The van der Waals surface area contributed by atoms with Crippen LogP contribution in [-0.2, 0) is 6.42 Å². The van der Waals surface area contributed by atoms with Crippen molar-refractivity contribution in [1.82, 2.24) is 14.9 Å². The number of amides is 2. The van der Waals surface area contributed by atoms with E-state index in [2.05, 4.69) is 15.3 Å². The Hall–Kier alpha value is -3.61. The second-order valence-corrected chi connectivity index (χ2v) is 7.09. The van der Waals surface area contributed by atoms with Crippen molar-refractivity contribution in [3.63, 3.8) is 0 Å². The number of carbonyl (C=O) groups excluding carboxylic acids is 2. The van der Waals surface area contributed by atoms with Gasteiger partial charge in [-0.25, -0.2) is 14.4 Å². The number of hydrogen-bond acceptors (Lipinski definition) is 5. The number of halogens is 1. The second kappa shape index (κ2) is 8.82. The molecule has 0 spiro atoms. The Morgan fingerprint density at radius 1 is 0.833 bits per heavy atom. The molecule has 2 aromatic carbocycles. The second-order valence-electron chi connectivity index (χ2n) is 7.09. The number of nitrogens with one attached hydrogen (secondary N) is 1. The van der Waals surface area contributed by atoms with Crippen LogP contribution in [0.3, 0.4) is 0 Å². The number of rotatable bonds is 8. The number of anilines is 2. The van der Waals surface area contributed by atoms with Gasteiger partial charge in [0.1, 0.15) is 5.82 Å². The van der Waals surface area contributed by atoms with E-state index < -0.39 is 0 Å². The highest BCUT2D eigenvalue weighted by molar-refractivity contribution is 6.21. The molecule has 30 heavy (non-hydrogen) atoms. The van der Waals surface area contributed by atoms with Crippen molar-refractivity contribution in [1.29, 1.82) is 0 Å². The summed E-state index contributed by atoms with van der Waals surface area (Å²) in [5.74, 6) is -0.467. The molecule has 0 saturated heterocycles. The molecule has 3 aromatic rings. The Bertz CT molecular complexity index is 1040. The van der Waals surface area contributed by atoms with Crippen LogP contribution in [0.25, 0.3) is 0 Å². The number of imide groups is 1. The Morgan fingerprint density at radius 3 is 2.23 bits per heavy atom. The fourth-order valence-corrected chi connectivity index (χ4v) is 3.60. The molecule has 2 heterocycles. The maximum Gasteiger partial charge on any atom is 0.261 e. The number of aromatic nitrogens is 2. The van der Waals surface area contributed by atoms with Gasteiger partial charge >= 0.3 is 0 Å². The highest BCUT2D eigenvalue weighted by Crippen LogP contribution is 2.25. The van der Waals surface area contributed by atoms with Gasteiger partial charge in [-0.15, -0.1) is 0 Å². The summed E-state index contributed by atoms with van der Waals surface area (Å²) in [4.78, 5) is 34.3. The third-order valence-electron chi connectivity index (χ3n) is 5.11. The number of para-hydroxylation sites is 1. The van der Waals surface area contributed by atoms with E-state index in [0.717, 1.165) is 18.4 Å². The third kappa shape index (κ3) is 4.05. The molecule has 4 rings (SSSR count). The van der Waals surface area contributed by atoms with Crippen LogP contribution in [-0.4, -0.2) is 33.2 Å². The summed E-state index contributed by atoms with van der Waals surface area (Å²) in [5.41, 5.74) is 2.16. The monoisotopic (exact) mass is 404 g/mol. The van der Waals surface area contributed by atoms with E-state index in [0.29, 0.717) is 42.1 Å². The number of nitrogens with zero attached hydrogens (tertiary/aromatic N) is 3. The summed E-state index contributed by atoms with van der Waals surface area (Å²) in [7, 11) is 0. The highest BCUT2D eigenvalue weighted by atomic mass is 19.1. The first kappa shape index (κ1) is 19.7. The molecule has 1 aliphatic rings. The van der Waals surface area contributed by atoms with Gasteiger partial charge < -0.3 is 5.32 Å². The Labute approximate surface area is 173 Å². The van der Waals surface area contributed by atoms with Gasteiger partial charge in [0.25, 0.3) is 11.8 Å². The molecular weight excluding hydrogens is 383 g/mol. The van der Waals surface area contributed by atoms with Crippen molar-refractivity contribution in [3.8, 4) is 0 Å². The summed E-state index contributed by atoms with van der Waals surface area (Å²) in [5, 5.41) is 2.95. The SMILES string of the molecule is O=C1c2ccccc2C(=O)N1CCCCCc1cccc(F)c1Nc1ncccn1. The number of aryl methyl sites for hydroxylation is 1. The predicted octanol–water partition coefficient (Wildman–Crippen LogP) is 4.37. The van der Waals surface area contributed by atoms with Crippen molar-refractivity contribution in [2.75, 3.05) is 11.9 Å². The van der Waals surface area contributed by atoms with Gasteiger partial charge in [0.05, 0.1) is 16.8 Å². The molecule has 0 radical (unpaired) electrons. The van der Waals surface area contributed by atoms with E-state index in [1.807, 2.05) is 6.07 Å². The zero-order valence-corrected chi connectivity index (χ0v) is 16.3. The van der Waals surface area contributed by atoms with Gasteiger partial charge in [-0.1, -0.05) is 30.7 Å². The highest BCUT2D eigenvalue weighted by Gasteiger charge is 2.34. The van der Waals surface area contributed by atoms with Crippen molar-refractivity contribution >= 4 is 23.5 Å². The third-order valence-corrected chi connectivity index (χ3v) is 5.11. The summed E-state index contributed by atoms with van der Waals surface area (Å²) in [6.45, 7) is 0.387. The molecule has 1 aromatic heterocycles. The van der Waals surface area contributed by atoms with Crippen LogP contribution in [0, 0.1) is 5.82 Å². The van der Waals surface area contributed by atoms with Crippen LogP contribution >= 0.6 is 0 Å². The molecule has 7 heteroatoms. The predicted molar refractivity (Wildman–Crippen MR) is 111 cm³/mol. The van der Waals surface area contributed by atoms with Crippen LogP contribution in [0.1, 0.15) is 45.5 Å². The molecule has 152 valence electrons. The molecule has 1 aliphatic heterocycles.